The molecular weight excluding hydrogens is 372 g/mol. The number of nitrogens with zero attached hydrogens (tertiary/aromatic N) is 1. The minimum Gasteiger partial charge on any atom is -0.496 e. The normalized spacial score (nSPS) is 24.3. The number of aromatic nitrogens is 1. The molecule has 2 atom stereocenters. The van der Waals surface area contributed by atoms with Crippen LogP contribution in [0, 0.1) is 12.8 Å². The molecule has 1 aromatic heterocycles. The van der Waals surface area contributed by atoms with Gasteiger partial charge in [0, 0.05) is 35.9 Å². The molecule has 1 heterocycles. The summed E-state index contributed by atoms with van der Waals surface area (Å²) in [5.74, 6) is 1.17. The zero-order chi connectivity index (χ0) is 21.3. The number of rotatable bonds is 4. The third-order valence-corrected chi connectivity index (χ3v) is 6.17. The van der Waals surface area contributed by atoms with E-state index < -0.39 is 5.54 Å². The summed E-state index contributed by atoms with van der Waals surface area (Å²) in [6.07, 6.45) is 12.1. The molecule has 1 N–H and O–H groups in total. The van der Waals surface area contributed by atoms with Gasteiger partial charge in [0.2, 0.25) is 5.56 Å². The van der Waals surface area contributed by atoms with Crippen molar-refractivity contribution in [1.82, 2.24) is 4.98 Å². The first-order valence-electron chi connectivity index (χ1n) is 10.4. The summed E-state index contributed by atoms with van der Waals surface area (Å²) in [5.41, 5.74) is 6.49. The Kier molecular flexibility index (Phi) is 5.33. The number of H-pyrrole nitrogens is 1. The quantitative estimate of drug-likeness (QED) is 0.571. The molecule has 0 amide bonds. The highest BCUT2D eigenvalue weighted by atomic mass is 16.5. The molecule has 0 aliphatic heterocycles. The number of fused-ring (bicyclic) bond motifs is 4. The number of benzene rings is 1. The van der Waals surface area contributed by atoms with E-state index in [-0.39, 0.29) is 11.5 Å². The van der Waals surface area contributed by atoms with Gasteiger partial charge >= 0.3 is 0 Å². The fourth-order valence-corrected chi connectivity index (χ4v) is 4.98. The van der Waals surface area contributed by atoms with E-state index in [4.69, 9.17) is 9.73 Å². The average Bonchev–Trinajstić information content (AvgIpc) is 2.70. The Morgan fingerprint density at radius 2 is 2.07 bits per heavy atom. The second-order valence-electron chi connectivity index (χ2n) is 8.19. The molecule has 0 spiro atoms. The van der Waals surface area contributed by atoms with Crippen molar-refractivity contribution in [3.63, 3.8) is 0 Å². The van der Waals surface area contributed by atoms with Crippen LogP contribution < -0.4 is 10.3 Å². The Morgan fingerprint density at radius 3 is 2.80 bits per heavy atom. The van der Waals surface area contributed by atoms with Crippen LogP contribution in [-0.2, 0) is 12.0 Å². The Hall–Kier alpha value is -3.14. The lowest BCUT2D eigenvalue weighted by Crippen LogP contribution is -2.40. The van der Waals surface area contributed by atoms with Crippen LogP contribution in [-0.4, -0.2) is 18.3 Å². The fourth-order valence-electron chi connectivity index (χ4n) is 4.98. The molecule has 0 saturated heterocycles. The van der Waals surface area contributed by atoms with E-state index >= 15 is 0 Å². The molecular formula is C26H28N2O2. The number of pyridine rings is 1. The summed E-state index contributed by atoms with van der Waals surface area (Å²) < 4.78 is 5.34. The Labute approximate surface area is 177 Å². The molecule has 30 heavy (non-hydrogen) atoms. The van der Waals surface area contributed by atoms with Crippen LogP contribution in [0.2, 0.25) is 0 Å². The van der Waals surface area contributed by atoms with Crippen molar-refractivity contribution in [3.8, 4) is 5.75 Å². The molecule has 4 rings (SSSR count). The third kappa shape index (κ3) is 3.47. The van der Waals surface area contributed by atoms with Crippen molar-refractivity contribution in [2.24, 2.45) is 10.9 Å². The molecule has 0 fully saturated rings. The van der Waals surface area contributed by atoms with Crippen LogP contribution in [0.25, 0.3) is 6.08 Å². The van der Waals surface area contributed by atoms with E-state index in [0.29, 0.717) is 0 Å². The number of methoxy groups -OCH3 is 1. The molecule has 2 unspecified atom stereocenters. The van der Waals surface area contributed by atoms with Crippen molar-refractivity contribution >= 4 is 12.3 Å². The number of aromatic amines is 1. The van der Waals surface area contributed by atoms with E-state index in [1.165, 1.54) is 11.1 Å². The molecule has 2 aliphatic carbocycles. The molecule has 154 valence electrons. The zero-order valence-electron chi connectivity index (χ0n) is 18.0. The monoisotopic (exact) mass is 400 g/mol. The van der Waals surface area contributed by atoms with E-state index in [2.05, 4.69) is 43.1 Å². The van der Waals surface area contributed by atoms with Crippen molar-refractivity contribution in [3.05, 3.63) is 92.4 Å². The van der Waals surface area contributed by atoms with Gasteiger partial charge in [0.25, 0.3) is 0 Å². The Bertz CT molecular complexity index is 1150. The third-order valence-electron chi connectivity index (χ3n) is 6.17. The van der Waals surface area contributed by atoms with Crippen LogP contribution in [0.15, 0.2) is 69.5 Å². The molecule has 4 nitrogen and oxygen atoms in total. The lowest BCUT2D eigenvalue weighted by Gasteiger charge is -2.45. The maximum absolute atomic E-state index is 11.9. The molecule has 0 radical (unpaired) electrons. The molecule has 4 heteroatoms. The zero-order valence-corrected chi connectivity index (χ0v) is 18.0. The van der Waals surface area contributed by atoms with Crippen molar-refractivity contribution < 1.29 is 4.74 Å². The fraction of sp³-hybridized carbons (Fsp3) is 0.308. The molecule has 0 saturated carbocycles. The van der Waals surface area contributed by atoms with Crippen LogP contribution in [0.1, 0.15) is 42.7 Å². The van der Waals surface area contributed by atoms with E-state index in [9.17, 15) is 4.79 Å². The highest BCUT2D eigenvalue weighted by Gasteiger charge is 2.46. The number of allylic oxidation sites excluding steroid dienone is 3. The topological polar surface area (TPSA) is 54.4 Å². The van der Waals surface area contributed by atoms with Gasteiger partial charge in [-0.2, -0.15) is 0 Å². The first kappa shape index (κ1) is 20.1. The lowest BCUT2D eigenvalue weighted by atomic mass is 9.63. The van der Waals surface area contributed by atoms with E-state index in [1.54, 1.807) is 13.2 Å². The number of ether oxygens (including phenoxy) is 1. The van der Waals surface area contributed by atoms with Crippen molar-refractivity contribution in [1.29, 1.82) is 0 Å². The minimum atomic E-state index is -0.448. The van der Waals surface area contributed by atoms with E-state index in [1.807, 2.05) is 37.4 Å². The van der Waals surface area contributed by atoms with Crippen molar-refractivity contribution in [2.45, 2.75) is 39.2 Å². The van der Waals surface area contributed by atoms with E-state index in [0.717, 1.165) is 41.0 Å². The maximum Gasteiger partial charge on any atom is 0.248 e. The SMILES string of the molecule is C/C=C1\C2C=C(C)CC1(/N=C/C=C/c1ccc(OC)c(C)c1)c1ccc(=O)[nH]c1C2. The van der Waals surface area contributed by atoms with Gasteiger partial charge in [-0.15, -0.1) is 0 Å². The van der Waals surface area contributed by atoms with Gasteiger partial charge in [0.15, 0.2) is 0 Å². The first-order valence-corrected chi connectivity index (χ1v) is 10.4. The molecule has 1 aromatic carbocycles. The van der Waals surface area contributed by atoms with Gasteiger partial charge in [0.05, 0.1) is 7.11 Å². The Balaban J connectivity index is 1.72. The van der Waals surface area contributed by atoms with Gasteiger partial charge in [-0.05, 0) is 68.2 Å². The standard InChI is InChI=1S/C26H28N2O2/c1-5-21-20-13-17(2)16-26(21,22-9-11-25(29)28-23(22)15-20)27-12-6-7-19-8-10-24(30-4)18(3)14-19/h5-14,20H,15-16H2,1-4H3,(H,28,29)/b7-6+,21-5+,27-12+. The van der Waals surface area contributed by atoms with Gasteiger partial charge < -0.3 is 9.72 Å². The van der Waals surface area contributed by atoms with Crippen LogP contribution in [0.3, 0.4) is 0 Å². The smallest absolute Gasteiger partial charge is 0.248 e. The number of aryl methyl sites for hydroxylation is 1. The lowest BCUT2D eigenvalue weighted by molar-refractivity contribution is 0.411. The van der Waals surface area contributed by atoms with Gasteiger partial charge in [-0.3, -0.25) is 9.79 Å². The number of aliphatic imine (C=N–C) groups is 1. The van der Waals surface area contributed by atoms with Gasteiger partial charge in [-0.25, -0.2) is 0 Å². The largest absolute Gasteiger partial charge is 0.496 e. The minimum absolute atomic E-state index is 0.0506. The summed E-state index contributed by atoms with van der Waals surface area (Å²) in [6, 6.07) is 9.70. The molecule has 2 aromatic rings. The number of hydrogen-bond donors (Lipinski definition) is 1. The number of hydrogen-bond acceptors (Lipinski definition) is 3. The molecule has 2 aliphatic rings. The first-order chi connectivity index (χ1) is 14.5. The summed E-state index contributed by atoms with van der Waals surface area (Å²) in [6.45, 7) is 6.31. The predicted octanol–water partition coefficient (Wildman–Crippen LogP) is 5.14. The highest BCUT2D eigenvalue weighted by molar-refractivity contribution is 5.79. The Morgan fingerprint density at radius 1 is 1.23 bits per heavy atom. The average molecular weight is 401 g/mol. The van der Waals surface area contributed by atoms with Gasteiger partial charge in [-0.1, -0.05) is 29.9 Å². The van der Waals surface area contributed by atoms with Crippen LogP contribution in [0.4, 0.5) is 0 Å². The summed E-state index contributed by atoms with van der Waals surface area (Å²) in [4.78, 5) is 20.1. The second kappa shape index (κ2) is 7.94. The highest BCUT2D eigenvalue weighted by Crippen LogP contribution is 2.51. The van der Waals surface area contributed by atoms with Gasteiger partial charge in [0.1, 0.15) is 11.3 Å². The summed E-state index contributed by atoms with van der Waals surface area (Å²) >= 11 is 0. The number of nitrogens with one attached hydrogen (secondary N) is 1. The maximum atomic E-state index is 11.9. The van der Waals surface area contributed by atoms with Crippen LogP contribution >= 0.6 is 0 Å². The predicted molar refractivity (Wildman–Crippen MR) is 123 cm³/mol. The second-order valence-corrected chi connectivity index (χ2v) is 8.19. The summed E-state index contributed by atoms with van der Waals surface area (Å²) in [7, 11) is 1.69. The summed E-state index contributed by atoms with van der Waals surface area (Å²) in [5, 5.41) is 0. The van der Waals surface area contributed by atoms with Crippen LogP contribution in [0.5, 0.6) is 5.75 Å². The van der Waals surface area contributed by atoms with Crippen molar-refractivity contribution in [2.75, 3.05) is 7.11 Å². The molecule has 2 bridgehead atoms.